The molecule has 0 atom stereocenters. The summed E-state index contributed by atoms with van der Waals surface area (Å²) in [5.74, 6) is -1.17. The van der Waals surface area contributed by atoms with Crippen molar-refractivity contribution in [3.8, 4) is 0 Å². The first-order valence-corrected chi connectivity index (χ1v) is 5.49. The molecule has 0 N–H and O–H groups in total. The monoisotopic (exact) mass is 278 g/mol. The normalized spacial score (nSPS) is 11.4. The summed E-state index contributed by atoms with van der Waals surface area (Å²) in [7, 11) is 1.28. The Morgan fingerprint density at radius 1 is 1.42 bits per heavy atom. The van der Waals surface area contributed by atoms with Gasteiger partial charge < -0.3 is 9.53 Å². The lowest BCUT2D eigenvalue weighted by Gasteiger charge is -2.06. The van der Waals surface area contributed by atoms with Crippen molar-refractivity contribution >= 4 is 11.8 Å². The summed E-state index contributed by atoms with van der Waals surface area (Å²) in [6.07, 6.45) is -3.26. The lowest BCUT2D eigenvalue weighted by molar-refractivity contribution is -0.142. The Labute approximate surface area is 107 Å². The third-order valence-corrected chi connectivity index (χ3v) is 2.22. The van der Waals surface area contributed by atoms with Gasteiger partial charge in [-0.25, -0.2) is 4.79 Å². The van der Waals surface area contributed by atoms with E-state index in [1.807, 2.05) is 0 Å². The number of ketones is 1. The highest BCUT2D eigenvalue weighted by molar-refractivity contribution is 5.90. The second-order valence-electron chi connectivity index (χ2n) is 4.00. The second kappa shape index (κ2) is 5.85. The molecule has 0 aliphatic carbocycles. The zero-order valence-electron chi connectivity index (χ0n) is 10.5. The van der Waals surface area contributed by atoms with E-state index in [2.05, 4.69) is 9.84 Å². The molecule has 5 nitrogen and oxygen atoms in total. The summed E-state index contributed by atoms with van der Waals surface area (Å²) in [4.78, 5) is 22.2. The van der Waals surface area contributed by atoms with Gasteiger partial charge in [0.15, 0.2) is 5.69 Å². The summed E-state index contributed by atoms with van der Waals surface area (Å²) in [6.45, 7) is 1.27. The van der Waals surface area contributed by atoms with Crippen LogP contribution in [-0.2, 0) is 22.8 Å². The molecule has 0 aliphatic heterocycles. The fourth-order valence-electron chi connectivity index (χ4n) is 1.41. The first-order valence-electron chi connectivity index (χ1n) is 5.49. The highest BCUT2D eigenvalue weighted by Gasteiger charge is 2.39. The Kier molecular flexibility index (Phi) is 4.68. The number of aryl methyl sites for hydroxylation is 1. The highest BCUT2D eigenvalue weighted by Crippen LogP contribution is 2.30. The number of carbonyl (C=O) groups excluding carboxylic acids is 2. The number of rotatable bonds is 5. The van der Waals surface area contributed by atoms with E-state index in [0.29, 0.717) is 0 Å². The third-order valence-electron chi connectivity index (χ3n) is 2.22. The van der Waals surface area contributed by atoms with Crippen molar-refractivity contribution in [2.45, 2.75) is 25.9 Å². The molecule has 0 radical (unpaired) electrons. The van der Waals surface area contributed by atoms with Crippen molar-refractivity contribution in [1.82, 2.24) is 9.78 Å². The molecule has 0 unspecified atom stereocenters. The van der Waals surface area contributed by atoms with Crippen LogP contribution >= 0.6 is 0 Å². The minimum Gasteiger partial charge on any atom is -0.462 e. The minimum absolute atomic E-state index is 0.0755. The summed E-state index contributed by atoms with van der Waals surface area (Å²) >= 11 is 0. The number of ether oxygens (including phenoxy) is 1. The fraction of sp³-hybridized carbons (Fsp3) is 0.545. The van der Waals surface area contributed by atoms with Crippen LogP contribution in [0.25, 0.3) is 0 Å². The smallest absolute Gasteiger partial charge is 0.436 e. The van der Waals surface area contributed by atoms with Crippen LogP contribution in [0.5, 0.6) is 0 Å². The molecule has 1 heterocycles. The number of aromatic nitrogens is 2. The number of esters is 1. The van der Waals surface area contributed by atoms with E-state index in [9.17, 15) is 22.8 Å². The Bertz CT molecular complexity index is 480. The van der Waals surface area contributed by atoms with Crippen molar-refractivity contribution in [3.05, 3.63) is 17.5 Å². The van der Waals surface area contributed by atoms with Gasteiger partial charge in [-0.05, 0) is 13.3 Å². The Morgan fingerprint density at radius 2 is 2.05 bits per heavy atom. The molecule has 0 bridgehead atoms. The van der Waals surface area contributed by atoms with Crippen LogP contribution in [0, 0.1) is 0 Å². The maximum atomic E-state index is 12.6. The molecule has 0 aromatic carbocycles. The maximum Gasteiger partial charge on any atom is 0.436 e. The molecule has 0 amide bonds. The third kappa shape index (κ3) is 4.38. The number of halogens is 3. The summed E-state index contributed by atoms with van der Waals surface area (Å²) in [5.41, 5.74) is -1.90. The van der Waals surface area contributed by atoms with Gasteiger partial charge >= 0.3 is 12.1 Å². The number of alkyl halides is 3. The van der Waals surface area contributed by atoms with E-state index in [0.717, 1.165) is 10.9 Å². The van der Waals surface area contributed by atoms with Crippen molar-refractivity contribution in [2.75, 3.05) is 6.61 Å². The summed E-state index contributed by atoms with van der Waals surface area (Å²) < 4.78 is 43.3. The first-order chi connectivity index (χ1) is 8.71. The predicted molar refractivity (Wildman–Crippen MR) is 58.4 cm³/mol. The van der Waals surface area contributed by atoms with Crippen LogP contribution in [0.4, 0.5) is 13.2 Å². The molecule has 0 aliphatic rings. The van der Waals surface area contributed by atoms with E-state index >= 15 is 0 Å². The number of Topliss-reactive ketones (excluding diaryl/α,β-unsaturated/α-hetero) is 1. The largest absolute Gasteiger partial charge is 0.462 e. The number of hydrogen-bond donors (Lipinski definition) is 0. The van der Waals surface area contributed by atoms with Crippen molar-refractivity contribution in [1.29, 1.82) is 0 Å². The SMILES string of the molecule is CC(=O)CCCOC(=O)c1cn(C)nc1C(F)(F)F. The molecule has 1 aromatic heterocycles. The van der Waals surface area contributed by atoms with Crippen LogP contribution in [-0.4, -0.2) is 28.1 Å². The molecular formula is C11H13F3N2O3. The second-order valence-corrected chi connectivity index (χ2v) is 4.00. The van der Waals surface area contributed by atoms with Gasteiger partial charge in [0.05, 0.1) is 6.61 Å². The van der Waals surface area contributed by atoms with Gasteiger partial charge in [0.1, 0.15) is 11.3 Å². The van der Waals surface area contributed by atoms with Crippen molar-refractivity contribution in [2.24, 2.45) is 7.05 Å². The maximum absolute atomic E-state index is 12.6. The molecule has 8 heteroatoms. The molecule has 0 saturated heterocycles. The van der Waals surface area contributed by atoms with E-state index in [1.165, 1.54) is 14.0 Å². The molecule has 0 saturated carbocycles. The summed E-state index contributed by atoms with van der Waals surface area (Å²) in [6, 6.07) is 0. The van der Waals surface area contributed by atoms with Gasteiger partial charge in [0.2, 0.25) is 0 Å². The van der Waals surface area contributed by atoms with Gasteiger partial charge in [0.25, 0.3) is 0 Å². The van der Waals surface area contributed by atoms with Gasteiger partial charge in [-0.1, -0.05) is 0 Å². The molecule has 1 rings (SSSR count). The van der Waals surface area contributed by atoms with E-state index in [-0.39, 0.29) is 25.2 Å². The van der Waals surface area contributed by atoms with Crippen LogP contribution in [0.2, 0.25) is 0 Å². The van der Waals surface area contributed by atoms with Crippen molar-refractivity contribution < 1.29 is 27.5 Å². The van der Waals surface area contributed by atoms with Gasteiger partial charge in [-0.2, -0.15) is 18.3 Å². The van der Waals surface area contributed by atoms with E-state index in [1.54, 1.807) is 0 Å². The Morgan fingerprint density at radius 3 is 2.58 bits per heavy atom. The van der Waals surface area contributed by atoms with Crippen molar-refractivity contribution in [3.63, 3.8) is 0 Å². The quantitative estimate of drug-likeness (QED) is 0.610. The molecule has 0 fully saturated rings. The van der Waals surface area contributed by atoms with Crippen LogP contribution in [0.1, 0.15) is 35.8 Å². The van der Waals surface area contributed by atoms with E-state index in [4.69, 9.17) is 0 Å². The lowest BCUT2D eigenvalue weighted by Crippen LogP contribution is -2.15. The fourth-order valence-corrected chi connectivity index (χ4v) is 1.41. The average molecular weight is 278 g/mol. The van der Waals surface area contributed by atoms with Gasteiger partial charge in [-0.15, -0.1) is 0 Å². The minimum atomic E-state index is -4.71. The zero-order chi connectivity index (χ0) is 14.6. The highest BCUT2D eigenvalue weighted by atomic mass is 19.4. The average Bonchev–Trinajstić information content (AvgIpc) is 2.66. The number of hydrogen-bond acceptors (Lipinski definition) is 4. The molecule has 19 heavy (non-hydrogen) atoms. The summed E-state index contributed by atoms with van der Waals surface area (Å²) in [5, 5.41) is 3.20. The standard InChI is InChI=1S/C11H13F3N2O3/c1-7(17)4-3-5-19-10(18)8-6-16(2)15-9(8)11(12,13)14/h6H,3-5H2,1-2H3. The molecule has 106 valence electrons. The lowest BCUT2D eigenvalue weighted by atomic mass is 10.2. The van der Waals surface area contributed by atoms with Gasteiger partial charge in [-0.3, -0.25) is 4.68 Å². The topological polar surface area (TPSA) is 61.2 Å². The number of nitrogens with zero attached hydrogens (tertiary/aromatic N) is 2. The number of carbonyl (C=O) groups is 2. The molecule has 1 aromatic rings. The zero-order valence-corrected chi connectivity index (χ0v) is 10.5. The Balaban J connectivity index is 2.69. The molecular weight excluding hydrogens is 265 g/mol. The van der Waals surface area contributed by atoms with Gasteiger partial charge in [0, 0.05) is 19.7 Å². The van der Waals surface area contributed by atoms with Crippen LogP contribution in [0.15, 0.2) is 6.20 Å². The van der Waals surface area contributed by atoms with E-state index < -0.39 is 23.4 Å². The van der Waals surface area contributed by atoms with Crippen LogP contribution in [0.3, 0.4) is 0 Å². The Hall–Kier alpha value is -1.86. The first kappa shape index (κ1) is 15.2. The predicted octanol–water partition coefficient (Wildman–Crippen LogP) is 1.96. The van der Waals surface area contributed by atoms with Crippen LogP contribution < -0.4 is 0 Å². The molecule has 0 spiro atoms.